The van der Waals surface area contributed by atoms with E-state index in [1.54, 1.807) is 24.3 Å². The van der Waals surface area contributed by atoms with Gasteiger partial charge in [0.25, 0.3) is 5.91 Å². The third kappa shape index (κ3) is 4.97. The van der Waals surface area contributed by atoms with Crippen LogP contribution in [0.2, 0.25) is 0 Å². The van der Waals surface area contributed by atoms with Gasteiger partial charge in [-0.2, -0.15) is 9.40 Å². The Morgan fingerprint density at radius 1 is 1.14 bits per heavy atom. The predicted molar refractivity (Wildman–Crippen MR) is 137 cm³/mol. The quantitative estimate of drug-likeness (QED) is 0.500. The second-order valence-electron chi connectivity index (χ2n) is 10.2. The maximum Gasteiger partial charge on any atom is 0.252 e. The molecule has 1 aliphatic rings. The summed E-state index contributed by atoms with van der Waals surface area (Å²) in [6.45, 7) is 12.9. The lowest BCUT2D eigenvalue weighted by molar-refractivity contribution is 0.0952. The average Bonchev–Trinajstić information content (AvgIpc) is 3.60. The number of hydrogen-bond acceptors (Lipinski definition) is 5. The van der Waals surface area contributed by atoms with Crippen LogP contribution in [0.1, 0.15) is 80.7 Å². The van der Waals surface area contributed by atoms with Crippen LogP contribution in [0.3, 0.4) is 0 Å². The first-order chi connectivity index (χ1) is 16.5. The number of carbonyl (C=O) groups excluding carboxylic acids is 1. The van der Waals surface area contributed by atoms with E-state index in [0.29, 0.717) is 31.1 Å². The minimum atomic E-state index is -3.51. The molecule has 2 heterocycles. The molecule has 3 aromatic rings. The topological polar surface area (TPSA) is 97.2 Å². The molecule has 188 valence electrons. The first-order valence-electron chi connectivity index (χ1n) is 12.2. The molecule has 1 N–H and O–H groups in total. The Balaban J connectivity index is 1.59. The highest BCUT2D eigenvalue weighted by molar-refractivity contribution is 7.89. The Hall–Kier alpha value is -2.78. The summed E-state index contributed by atoms with van der Waals surface area (Å²) in [5.74, 6) is 0.213. The molecule has 35 heavy (non-hydrogen) atoms. The van der Waals surface area contributed by atoms with Crippen molar-refractivity contribution in [1.29, 1.82) is 0 Å². The smallest absolute Gasteiger partial charge is 0.252 e. The number of aryl methyl sites for hydroxylation is 1. The highest BCUT2D eigenvalue weighted by Crippen LogP contribution is 2.41. The number of nitrogens with one attached hydrogen (secondary N) is 1. The van der Waals surface area contributed by atoms with Crippen LogP contribution in [0.4, 0.5) is 0 Å². The molecule has 0 bridgehead atoms. The Bertz CT molecular complexity index is 1350. The van der Waals surface area contributed by atoms with Crippen LogP contribution in [-0.4, -0.2) is 46.5 Å². The van der Waals surface area contributed by atoms with Gasteiger partial charge in [-0.15, -0.1) is 0 Å². The second kappa shape index (κ2) is 9.35. The van der Waals surface area contributed by atoms with Crippen LogP contribution in [0.15, 0.2) is 35.2 Å². The van der Waals surface area contributed by atoms with Gasteiger partial charge in [0.1, 0.15) is 0 Å². The van der Waals surface area contributed by atoms with E-state index in [1.807, 2.05) is 31.5 Å². The lowest BCUT2D eigenvalue weighted by Crippen LogP contribution is -2.30. The monoisotopic (exact) mass is 497 g/mol. The van der Waals surface area contributed by atoms with Crippen LogP contribution in [-0.2, 0) is 22.1 Å². The Morgan fingerprint density at radius 3 is 2.31 bits per heavy atom. The van der Waals surface area contributed by atoms with E-state index in [0.717, 1.165) is 40.8 Å². The van der Waals surface area contributed by atoms with Gasteiger partial charge in [-0.3, -0.25) is 4.79 Å². The van der Waals surface area contributed by atoms with E-state index < -0.39 is 10.0 Å². The molecular weight excluding hydrogens is 462 g/mol. The summed E-state index contributed by atoms with van der Waals surface area (Å²) in [4.78, 5) is 18.5. The molecule has 1 fully saturated rings. The number of rotatable bonds is 8. The van der Waals surface area contributed by atoms with Crippen molar-refractivity contribution in [2.45, 2.75) is 77.3 Å². The molecule has 9 heteroatoms. The van der Waals surface area contributed by atoms with Gasteiger partial charge in [-0.1, -0.05) is 26.0 Å². The molecule has 1 aliphatic carbocycles. The van der Waals surface area contributed by atoms with Gasteiger partial charge < -0.3 is 5.32 Å². The average molecular weight is 498 g/mol. The molecule has 0 atom stereocenters. The minimum absolute atomic E-state index is 0.185. The van der Waals surface area contributed by atoms with Crippen LogP contribution in [0.5, 0.6) is 0 Å². The first-order valence-corrected chi connectivity index (χ1v) is 13.7. The van der Waals surface area contributed by atoms with E-state index in [-0.39, 0.29) is 16.3 Å². The molecule has 0 unspecified atom stereocenters. The van der Waals surface area contributed by atoms with Crippen LogP contribution >= 0.6 is 0 Å². The molecule has 4 rings (SSSR count). The number of nitrogens with zero attached hydrogens (tertiary/aromatic N) is 4. The zero-order chi connectivity index (χ0) is 25.5. The first kappa shape index (κ1) is 25.3. The van der Waals surface area contributed by atoms with Gasteiger partial charge in [0.15, 0.2) is 5.65 Å². The van der Waals surface area contributed by atoms with Gasteiger partial charge in [-0.25, -0.2) is 18.1 Å². The zero-order valence-electron chi connectivity index (χ0n) is 21.4. The van der Waals surface area contributed by atoms with E-state index in [2.05, 4.69) is 26.1 Å². The number of hydrogen-bond donors (Lipinski definition) is 1. The molecular formula is C26H35N5O3S. The van der Waals surface area contributed by atoms with Crippen LogP contribution in [0.25, 0.3) is 11.0 Å². The third-order valence-electron chi connectivity index (χ3n) is 6.43. The number of fused-ring (bicyclic) bond motifs is 1. The number of carbonyl (C=O) groups is 1. The van der Waals surface area contributed by atoms with Crippen molar-refractivity contribution in [2.75, 3.05) is 13.1 Å². The highest BCUT2D eigenvalue weighted by Gasteiger charge is 2.30. The number of sulfonamides is 1. The Kier molecular flexibility index (Phi) is 6.76. The zero-order valence-corrected chi connectivity index (χ0v) is 22.2. The van der Waals surface area contributed by atoms with Gasteiger partial charge in [0.2, 0.25) is 10.0 Å². The standard InChI is InChI=1S/C26H35N5O3S/c1-7-30(8-2)35(33,34)20-13-9-18(10-14-20)16-27-25(32)21-15-22(19-11-12-19)28-24-23(21)17(3)29-31(24)26(4,5)6/h9-10,13-15,19H,7-8,11-12,16H2,1-6H3,(H,27,32). The fourth-order valence-corrected chi connectivity index (χ4v) is 5.77. The van der Waals surface area contributed by atoms with Crippen molar-refractivity contribution in [3.63, 3.8) is 0 Å². The summed E-state index contributed by atoms with van der Waals surface area (Å²) >= 11 is 0. The molecule has 0 aliphatic heterocycles. The van der Waals surface area contributed by atoms with Gasteiger partial charge in [0, 0.05) is 31.2 Å². The van der Waals surface area contributed by atoms with Gasteiger partial charge >= 0.3 is 0 Å². The second-order valence-corrected chi connectivity index (χ2v) is 12.1. The van der Waals surface area contributed by atoms with E-state index in [4.69, 9.17) is 10.1 Å². The highest BCUT2D eigenvalue weighted by atomic mass is 32.2. The summed E-state index contributed by atoms with van der Waals surface area (Å²) in [7, 11) is -3.51. The number of amides is 1. The molecule has 0 spiro atoms. The fourth-order valence-electron chi connectivity index (χ4n) is 4.31. The van der Waals surface area contributed by atoms with E-state index in [9.17, 15) is 13.2 Å². The summed E-state index contributed by atoms with van der Waals surface area (Å²) < 4.78 is 28.8. The van der Waals surface area contributed by atoms with Gasteiger partial charge in [-0.05, 0) is 64.3 Å². The Morgan fingerprint density at radius 2 is 1.77 bits per heavy atom. The lowest BCUT2D eigenvalue weighted by Gasteiger charge is -2.20. The van der Waals surface area contributed by atoms with Crippen molar-refractivity contribution < 1.29 is 13.2 Å². The van der Waals surface area contributed by atoms with E-state index >= 15 is 0 Å². The predicted octanol–water partition coefficient (Wildman–Crippen LogP) is 4.33. The maximum atomic E-state index is 13.4. The molecule has 1 amide bonds. The SMILES string of the molecule is CCN(CC)S(=O)(=O)c1ccc(CNC(=O)c2cc(C3CC3)nc3c2c(C)nn3C(C)(C)C)cc1. The van der Waals surface area contributed by atoms with Crippen molar-refractivity contribution >= 4 is 27.0 Å². The summed E-state index contributed by atoms with van der Waals surface area (Å²) in [6, 6.07) is 8.61. The summed E-state index contributed by atoms with van der Waals surface area (Å²) in [5, 5.41) is 8.51. The van der Waals surface area contributed by atoms with Crippen molar-refractivity contribution in [1.82, 2.24) is 24.4 Å². The molecule has 2 aromatic heterocycles. The molecule has 8 nitrogen and oxygen atoms in total. The number of aromatic nitrogens is 3. The van der Waals surface area contributed by atoms with Crippen molar-refractivity contribution in [2.24, 2.45) is 0 Å². The largest absolute Gasteiger partial charge is 0.348 e. The molecule has 1 aromatic carbocycles. The normalized spacial score (nSPS) is 14.6. The Labute approximate surface area is 207 Å². The maximum absolute atomic E-state index is 13.4. The fraction of sp³-hybridized carbons (Fsp3) is 0.500. The summed E-state index contributed by atoms with van der Waals surface area (Å²) in [6.07, 6.45) is 2.18. The molecule has 1 saturated carbocycles. The lowest BCUT2D eigenvalue weighted by atomic mass is 10.1. The van der Waals surface area contributed by atoms with Gasteiger partial charge in [0.05, 0.1) is 27.1 Å². The number of benzene rings is 1. The molecule has 0 radical (unpaired) electrons. The molecule has 0 saturated heterocycles. The van der Waals surface area contributed by atoms with Crippen LogP contribution in [0, 0.1) is 6.92 Å². The number of pyridine rings is 1. The van der Waals surface area contributed by atoms with Crippen LogP contribution < -0.4 is 5.32 Å². The minimum Gasteiger partial charge on any atom is -0.348 e. The van der Waals surface area contributed by atoms with Crippen molar-refractivity contribution in [3.05, 3.63) is 52.8 Å². The van der Waals surface area contributed by atoms with E-state index in [1.165, 1.54) is 4.31 Å². The third-order valence-corrected chi connectivity index (χ3v) is 8.49. The van der Waals surface area contributed by atoms with Crippen molar-refractivity contribution in [3.8, 4) is 0 Å². The summed E-state index contributed by atoms with van der Waals surface area (Å²) in [5.41, 5.74) is 3.62.